The van der Waals surface area contributed by atoms with Crippen LogP contribution in [0.3, 0.4) is 0 Å². The van der Waals surface area contributed by atoms with E-state index in [1.807, 2.05) is 0 Å². The van der Waals surface area contributed by atoms with E-state index < -0.39 is 0 Å². The lowest BCUT2D eigenvalue weighted by atomic mass is 10.4. The monoisotopic (exact) mass is 173 g/mol. The molecule has 1 amide bonds. The van der Waals surface area contributed by atoms with E-state index in [0.717, 1.165) is 0 Å². The first-order valence-electron chi connectivity index (χ1n) is 3.96. The molecule has 0 heterocycles. The van der Waals surface area contributed by atoms with Crippen molar-refractivity contribution in [1.29, 1.82) is 0 Å². The van der Waals surface area contributed by atoms with Gasteiger partial charge in [-0.1, -0.05) is 0 Å². The van der Waals surface area contributed by atoms with Gasteiger partial charge < -0.3 is 10.1 Å². The lowest BCUT2D eigenvalue weighted by Gasteiger charge is -2.07. The van der Waals surface area contributed by atoms with E-state index >= 15 is 0 Å². The minimum absolute atomic E-state index is 0.0881. The van der Waals surface area contributed by atoms with Crippen molar-refractivity contribution in [2.45, 2.75) is 33.3 Å². The number of hydrogen-bond acceptors (Lipinski definition) is 3. The van der Waals surface area contributed by atoms with Crippen LogP contribution in [0, 0.1) is 0 Å². The lowest BCUT2D eigenvalue weighted by Crippen LogP contribution is -2.24. The summed E-state index contributed by atoms with van der Waals surface area (Å²) in [5.74, 6) is -0.411. The molecule has 0 rings (SSSR count). The number of ether oxygens (including phenoxy) is 1. The van der Waals surface area contributed by atoms with Crippen LogP contribution in [0.4, 0.5) is 0 Å². The first-order valence-corrected chi connectivity index (χ1v) is 3.96. The Morgan fingerprint density at radius 3 is 2.42 bits per heavy atom. The fourth-order valence-electron chi connectivity index (χ4n) is 0.662. The molecule has 70 valence electrons. The quantitative estimate of drug-likeness (QED) is 0.628. The summed E-state index contributed by atoms with van der Waals surface area (Å²) < 4.78 is 4.84. The van der Waals surface area contributed by atoms with E-state index in [4.69, 9.17) is 4.74 Å². The molecular formula is C8H15NO3. The Hall–Kier alpha value is -1.06. The standard InChI is InChI=1S/C8H15NO3/c1-6(2)12-8(11)4-5-9-7(3)10/h6H,4-5H2,1-3H3,(H,9,10). The molecule has 0 aliphatic heterocycles. The van der Waals surface area contributed by atoms with Crippen LogP contribution in [0.1, 0.15) is 27.2 Å². The Bertz CT molecular complexity index is 166. The molecule has 4 heteroatoms. The summed E-state index contributed by atoms with van der Waals surface area (Å²) in [5, 5.41) is 2.51. The zero-order chi connectivity index (χ0) is 9.56. The van der Waals surface area contributed by atoms with Crippen molar-refractivity contribution in [3.8, 4) is 0 Å². The first kappa shape index (κ1) is 10.9. The number of amides is 1. The minimum atomic E-state index is -0.279. The van der Waals surface area contributed by atoms with Crippen molar-refractivity contribution in [3.05, 3.63) is 0 Å². The van der Waals surface area contributed by atoms with Gasteiger partial charge in [0.15, 0.2) is 0 Å². The number of esters is 1. The van der Waals surface area contributed by atoms with Gasteiger partial charge in [0.2, 0.25) is 5.91 Å². The molecule has 0 fully saturated rings. The molecule has 0 spiro atoms. The molecule has 0 bridgehead atoms. The average Bonchev–Trinajstić information content (AvgIpc) is 1.84. The third kappa shape index (κ3) is 7.05. The second-order valence-electron chi connectivity index (χ2n) is 2.77. The molecule has 0 unspecified atom stereocenters. The molecule has 0 saturated carbocycles. The molecule has 0 aliphatic carbocycles. The third-order valence-electron chi connectivity index (χ3n) is 1.07. The zero-order valence-corrected chi connectivity index (χ0v) is 7.72. The van der Waals surface area contributed by atoms with E-state index in [1.165, 1.54) is 6.92 Å². The van der Waals surface area contributed by atoms with Crippen LogP contribution in [0.25, 0.3) is 0 Å². The molecule has 0 aromatic carbocycles. The van der Waals surface area contributed by atoms with E-state index in [0.29, 0.717) is 6.54 Å². The SMILES string of the molecule is CC(=O)NCCC(=O)OC(C)C. The summed E-state index contributed by atoms with van der Waals surface area (Å²) in [4.78, 5) is 21.2. The number of carbonyl (C=O) groups excluding carboxylic acids is 2. The first-order chi connectivity index (χ1) is 5.52. The van der Waals surface area contributed by atoms with E-state index in [9.17, 15) is 9.59 Å². The van der Waals surface area contributed by atoms with E-state index in [2.05, 4.69) is 5.32 Å². The summed E-state index contributed by atoms with van der Waals surface area (Å²) in [5.41, 5.74) is 0. The average molecular weight is 173 g/mol. The summed E-state index contributed by atoms with van der Waals surface area (Å²) >= 11 is 0. The summed E-state index contributed by atoms with van der Waals surface area (Å²) in [6, 6.07) is 0. The maximum atomic E-state index is 10.9. The molecule has 4 nitrogen and oxygen atoms in total. The van der Waals surface area contributed by atoms with Gasteiger partial charge in [0.25, 0.3) is 0 Å². The summed E-state index contributed by atoms with van der Waals surface area (Å²) in [6.45, 7) is 5.33. The van der Waals surface area contributed by atoms with Crippen molar-refractivity contribution >= 4 is 11.9 Å². The fourth-order valence-corrected chi connectivity index (χ4v) is 0.662. The van der Waals surface area contributed by atoms with Crippen molar-refractivity contribution in [1.82, 2.24) is 5.32 Å². The van der Waals surface area contributed by atoms with Crippen LogP contribution in [-0.2, 0) is 14.3 Å². The molecular weight excluding hydrogens is 158 g/mol. The second-order valence-corrected chi connectivity index (χ2v) is 2.77. The predicted molar refractivity (Wildman–Crippen MR) is 44.5 cm³/mol. The van der Waals surface area contributed by atoms with Gasteiger partial charge in [-0.15, -0.1) is 0 Å². The third-order valence-corrected chi connectivity index (χ3v) is 1.07. The molecule has 0 radical (unpaired) electrons. The van der Waals surface area contributed by atoms with Gasteiger partial charge >= 0.3 is 5.97 Å². The number of rotatable bonds is 4. The van der Waals surface area contributed by atoms with Crippen molar-refractivity contribution in [2.75, 3.05) is 6.54 Å². The minimum Gasteiger partial charge on any atom is -0.463 e. The van der Waals surface area contributed by atoms with Gasteiger partial charge in [-0.05, 0) is 13.8 Å². The Morgan fingerprint density at radius 1 is 1.42 bits per heavy atom. The smallest absolute Gasteiger partial charge is 0.307 e. The number of carbonyl (C=O) groups is 2. The number of hydrogen-bond donors (Lipinski definition) is 1. The van der Waals surface area contributed by atoms with Crippen LogP contribution in [-0.4, -0.2) is 24.5 Å². The lowest BCUT2D eigenvalue weighted by molar-refractivity contribution is -0.147. The normalized spacial score (nSPS) is 9.67. The molecule has 0 aliphatic rings. The zero-order valence-electron chi connectivity index (χ0n) is 7.72. The van der Waals surface area contributed by atoms with Gasteiger partial charge in [0.05, 0.1) is 12.5 Å². The Balaban J connectivity index is 3.38. The maximum absolute atomic E-state index is 10.9. The molecule has 0 aromatic rings. The Labute approximate surface area is 72.3 Å². The van der Waals surface area contributed by atoms with E-state index in [1.54, 1.807) is 13.8 Å². The topological polar surface area (TPSA) is 55.4 Å². The molecule has 12 heavy (non-hydrogen) atoms. The van der Waals surface area contributed by atoms with Crippen LogP contribution in [0.15, 0.2) is 0 Å². The van der Waals surface area contributed by atoms with Gasteiger partial charge in [-0.3, -0.25) is 9.59 Å². The van der Waals surface area contributed by atoms with Crippen LogP contribution in [0.5, 0.6) is 0 Å². The van der Waals surface area contributed by atoms with Crippen molar-refractivity contribution in [3.63, 3.8) is 0 Å². The Morgan fingerprint density at radius 2 is 2.00 bits per heavy atom. The predicted octanol–water partition coefficient (Wildman–Crippen LogP) is 0.464. The summed E-state index contributed by atoms with van der Waals surface area (Å²) in [6.07, 6.45) is 0.146. The van der Waals surface area contributed by atoms with Crippen LogP contribution in [0.2, 0.25) is 0 Å². The molecule has 1 N–H and O–H groups in total. The van der Waals surface area contributed by atoms with Gasteiger partial charge in [-0.25, -0.2) is 0 Å². The van der Waals surface area contributed by atoms with Gasteiger partial charge in [0.1, 0.15) is 0 Å². The van der Waals surface area contributed by atoms with Crippen LogP contribution >= 0.6 is 0 Å². The van der Waals surface area contributed by atoms with Crippen LogP contribution < -0.4 is 5.32 Å². The van der Waals surface area contributed by atoms with Gasteiger partial charge in [-0.2, -0.15) is 0 Å². The largest absolute Gasteiger partial charge is 0.463 e. The van der Waals surface area contributed by atoms with E-state index in [-0.39, 0.29) is 24.4 Å². The van der Waals surface area contributed by atoms with Crippen molar-refractivity contribution < 1.29 is 14.3 Å². The summed E-state index contributed by atoms with van der Waals surface area (Å²) in [7, 11) is 0. The highest BCUT2D eigenvalue weighted by molar-refractivity contribution is 5.74. The fraction of sp³-hybridized carbons (Fsp3) is 0.750. The van der Waals surface area contributed by atoms with Gasteiger partial charge in [0, 0.05) is 13.5 Å². The van der Waals surface area contributed by atoms with Crippen molar-refractivity contribution in [2.24, 2.45) is 0 Å². The highest BCUT2D eigenvalue weighted by atomic mass is 16.5. The highest BCUT2D eigenvalue weighted by Gasteiger charge is 2.04. The Kier molecular flexibility index (Phi) is 5.08. The molecule has 0 atom stereocenters. The second kappa shape index (κ2) is 5.57. The molecule has 0 aromatic heterocycles. The number of nitrogens with one attached hydrogen (secondary N) is 1. The highest BCUT2D eigenvalue weighted by Crippen LogP contribution is 1.91. The molecule has 0 saturated heterocycles. The maximum Gasteiger partial charge on any atom is 0.307 e.